The fraction of sp³-hybridized carbons (Fsp3) is 0.0294. The highest BCUT2D eigenvalue weighted by Gasteiger charge is 2.56. The van der Waals surface area contributed by atoms with E-state index in [0.29, 0.717) is 0 Å². The van der Waals surface area contributed by atoms with Crippen molar-refractivity contribution in [3.8, 4) is 44.5 Å². The average molecular weight is 878 g/mol. The lowest BCUT2D eigenvalue weighted by Gasteiger charge is -2.50. The standard InChI is InChI=1S/C68H47N/c1-5-20-48(21-6-1)50-40-44-56(45-41-50)69(55-26-11-4-12-27-55)57-46-42-51(43-47-57)49-36-38-52(39-37-49)58-29-19-35-65-66(58)59-28-13-14-30-60(59)68(65)63-33-17-15-31-61(63)67(53-22-7-2-8-23-53,54-24-9-3-10-25-54)62-32-16-18-34-64(62)68/h1-47H. The minimum atomic E-state index is -0.540. The minimum absolute atomic E-state index is 0.529. The van der Waals surface area contributed by atoms with Gasteiger partial charge in [0.1, 0.15) is 0 Å². The van der Waals surface area contributed by atoms with Crippen molar-refractivity contribution in [1.29, 1.82) is 0 Å². The van der Waals surface area contributed by atoms with Crippen molar-refractivity contribution >= 4 is 17.1 Å². The van der Waals surface area contributed by atoms with Crippen LogP contribution >= 0.6 is 0 Å². The molecule has 13 rings (SSSR count). The zero-order chi connectivity index (χ0) is 45.8. The van der Waals surface area contributed by atoms with Crippen LogP contribution in [0.25, 0.3) is 44.5 Å². The summed E-state index contributed by atoms with van der Waals surface area (Å²) in [6.07, 6.45) is 0. The zero-order valence-electron chi connectivity index (χ0n) is 38.1. The summed E-state index contributed by atoms with van der Waals surface area (Å²) in [5, 5.41) is 0. The van der Waals surface area contributed by atoms with Crippen molar-refractivity contribution < 1.29 is 0 Å². The van der Waals surface area contributed by atoms with E-state index in [2.05, 4.69) is 290 Å². The largest absolute Gasteiger partial charge is 0.311 e. The summed E-state index contributed by atoms with van der Waals surface area (Å²) in [4.78, 5) is 2.33. The Bertz CT molecular complexity index is 3530. The van der Waals surface area contributed by atoms with Gasteiger partial charge in [-0.25, -0.2) is 0 Å². The normalized spacial score (nSPS) is 13.4. The van der Waals surface area contributed by atoms with Gasteiger partial charge in [0.05, 0.1) is 10.8 Å². The molecule has 1 heteroatoms. The molecule has 1 nitrogen and oxygen atoms in total. The molecule has 0 radical (unpaired) electrons. The Morgan fingerprint density at radius 3 is 1.04 bits per heavy atom. The molecule has 0 bridgehead atoms. The number of fused-ring (bicyclic) bond motifs is 9. The quantitative estimate of drug-likeness (QED) is 0.147. The van der Waals surface area contributed by atoms with E-state index in [0.717, 1.165) is 17.1 Å². The Morgan fingerprint density at radius 1 is 0.203 bits per heavy atom. The number of nitrogens with zero attached hydrogens (tertiary/aromatic N) is 1. The molecule has 0 saturated heterocycles. The summed E-state index contributed by atoms with van der Waals surface area (Å²) < 4.78 is 0. The molecule has 2 aliphatic carbocycles. The van der Waals surface area contributed by atoms with E-state index in [9.17, 15) is 0 Å². The second-order valence-electron chi connectivity index (χ2n) is 18.3. The third-order valence-electron chi connectivity index (χ3n) is 14.9. The van der Waals surface area contributed by atoms with Crippen LogP contribution in [0.1, 0.15) is 44.5 Å². The third-order valence-corrected chi connectivity index (χ3v) is 14.9. The SMILES string of the molecule is c1ccc(-c2ccc(N(c3ccccc3)c3ccc(-c4ccc(-c5cccc6c5-c5ccccc5C65c6ccccc6C(c6ccccc6)(c6ccccc6)c6ccccc65)cc4)cc3)cc2)cc1. The Hall–Kier alpha value is -8.78. The van der Waals surface area contributed by atoms with Gasteiger partial charge in [0.25, 0.3) is 0 Å². The molecule has 1 spiro atoms. The molecule has 0 aliphatic heterocycles. The van der Waals surface area contributed by atoms with Crippen molar-refractivity contribution in [3.05, 3.63) is 330 Å². The summed E-state index contributed by atoms with van der Waals surface area (Å²) in [6.45, 7) is 0. The predicted octanol–water partition coefficient (Wildman–Crippen LogP) is 17.2. The van der Waals surface area contributed by atoms with Crippen LogP contribution in [-0.4, -0.2) is 0 Å². The van der Waals surface area contributed by atoms with Gasteiger partial charge < -0.3 is 4.90 Å². The van der Waals surface area contributed by atoms with Crippen LogP contribution in [0.4, 0.5) is 17.1 Å². The topological polar surface area (TPSA) is 3.24 Å². The number of hydrogen-bond acceptors (Lipinski definition) is 1. The first-order chi connectivity index (χ1) is 34.2. The van der Waals surface area contributed by atoms with E-state index in [1.54, 1.807) is 0 Å². The van der Waals surface area contributed by atoms with Crippen molar-refractivity contribution in [2.45, 2.75) is 10.8 Å². The van der Waals surface area contributed by atoms with Gasteiger partial charge in [-0.3, -0.25) is 0 Å². The number of hydrogen-bond donors (Lipinski definition) is 0. The number of rotatable bonds is 8. The minimum Gasteiger partial charge on any atom is -0.311 e. The van der Waals surface area contributed by atoms with Crippen molar-refractivity contribution in [3.63, 3.8) is 0 Å². The van der Waals surface area contributed by atoms with Gasteiger partial charge in [-0.2, -0.15) is 0 Å². The highest BCUT2D eigenvalue weighted by molar-refractivity contribution is 5.97. The average Bonchev–Trinajstić information content (AvgIpc) is 3.74. The molecule has 0 atom stereocenters. The Balaban J connectivity index is 0.909. The van der Waals surface area contributed by atoms with E-state index in [4.69, 9.17) is 0 Å². The van der Waals surface area contributed by atoms with Crippen LogP contribution in [-0.2, 0) is 10.8 Å². The lowest BCUT2D eigenvalue weighted by Crippen LogP contribution is -2.44. The van der Waals surface area contributed by atoms with Gasteiger partial charge in [-0.05, 0) is 125 Å². The molecule has 0 N–H and O–H groups in total. The Labute approximate surface area is 404 Å². The highest BCUT2D eigenvalue weighted by atomic mass is 15.1. The van der Waals surface area contributed by atoms with Gasteiger partial charge in [0.2, 0.25) is 0 Å². The number of anilines is 3. The zero-order valence-corrected chi connectivity index (χ0v) is 38.1. The van der Waals surface area contributed by atoms with E-state index in [1.807, 2.05) is 0 Å². The summed E-state index contributed by atoms with van der Waals surface area (Å²) >= 11 is 0. The first-order valence-electron chi connectivity index (χ1n) is 24.0. The fourth-order valence-electron chi connectivity index (χ4n) is 12.0. The molecular weight excluding hydrogens is 831 g/mol. The van der Waals surface area contributed by atoms with E-state index in [-0.39, 0.29) is 0 Å². The smallest absolute Gasteiger partial charge is 0.0720 e. The fourth-order valence-corrected chi connectivity index (χ4v) is 12.0. The Morgan fingerprint density at radius 2 is 0.536 bits per heavy atom. The summed E-state index contributed by atoms with van der Waals surface area (Å²) in [6, 6.07) is 105. The lowest BCUT2D eigenvalue weighted by molar-refractivity contribution is 0.623. The van der Waals surface area contributed by atoms with E-state index < -0.39 is 10.8 Å². The number of para-hydroxylation sites is 1. The first kappa shape index (κ1) is 40.5. The second-order valence-corrected chi connectivity index (χ2v) is 18.3. The van der Waals surface area contributed by atoms with Crippen LogP contribution in [0.2, 0.25) is 0 Å². The van der Waals surface area contributed by atoms with Crippen molar-refractivity contribution in [1.82, 2.24) is 0 Å². The van der Waals surface area contributed by atoms with Gasteiger partial charge in [-0.15, -0.1) is 0 Å². The van der Waals surface area contributed by atoms with Crippen LogP contribution in [0.15, 0.2) is 285 Å². The maximum Gasteiger partial charge on any atom is 0.0720 e. The van der Waals surface area contributed by atoms with E-state index >= 15 is 0 Å². The molecule has 69 heavy (non-hydrogen) atoms. The van der Waals surface area contributed by atoms with Crippen molar-refractivity contribution in [2.75, 3.05) is 4.90 Å². The Kier molecular flexibility index (Phi) is 9.70. The highest BCUT2D eigenvalue weighted by Crippen LogP contribution is 2.65. The molecule has 0 aromatic heterocycles. The molecule has 0 unspecified atom stereocenters. The van der Waals surface area contributed by atoms with Gasteiger partial charge in [0, 0.05) is 17.1 Å². The summed E-state index contributed by atoms with van der Waals surface area (Å²) in [5.74, 6) is 0. The molecule has 0 fully saturated rings. The predicted molar refractivity (Wildman–Crippen MR) is 287 cm³/mol. The van der Waals surface area contributed by atoms with Crippen LogP contribution in [0.5, 0.6) is 0 Å². The third kappa shape index (κ3) is 6.24. The molecule has 0 amide bonds. The lowest BCUT2D eigenvalue weighted by atomic mass is 9.51. The molecule has 324 valence electrons. The monoisotopic (exact) mass is 877 g/mol. The first-order valence-corrected chi connectivity index (χ1v) is 24.0. The maximum absolute atomic E-state index is 2.41. The molecular formula is C68H47N. The van der Waals surface area contributed by atoms with E-state index in [1.165, 1.54) is 89.0 Å². The molecule has 11 aromatic carbocycles. The van der Waals surface area contributed by atoms with Crippen LogP contribution in [0, 0.1) is 0 Å². The number of benzene rings is 11. The molecule has 0 saturated carbocycles. The molecule has 0 heterocycles. The van der Waals surface area contributed by atoms with Crippen LogP contribution in [0.3, 0.4) is 0 Å². The molecule has 11 aromatic rings. The van der Waals surface area contributed by atoms with Crippen LogP contribution < -0.4 is 4.90 Å². The van der Waals surface area contributed by atoms with Crippen molar-refractivity contribution in [2.24, 2.45) is 0 Å². The van der Waals surface area contributed by atoms with Gasteiger partial charge in [-0.1, -0.05) is 249 Å². The molecule has 2 aliphatic rings. The summed E-state index contributed by atoms with van der Waals surface area (Å²) in [5.41, 5.74) is 22.6. The maximum atomic E-state index is 2.41. The van der Waals surface area contributed by atoms with Gasteiger partial charge >= 0.3 is 0 Å². The summed E-state index contributed by atoms with van der Waals surface area (Å²) in [7, 11) is 0. The second kappa shape index (κ2) is 16.5. The van der Waals surface area contributed by atoms with Gasteiger partial charge in [0.15, 0.2) is 0 Å².